The SMILES string of the molecule is CC(=O)NCC1CCN(C(=O)c2cccc(C)c2F)CC1. The minimum Gasteiger partial charge on any atom is -0.356 e. The average molecular weight is 292 g/mol. The Labute approximate surface area is 124 Å². The van der Waals surface area contributed by atoms with Gasteiger partial charge in [-0.2, -0.15) is 0 Å². The predicted molar refractivity (Wildman–Crippen MR) is 78.4 cm³/mol. The molecule has 1 aliphatic rings. The van der Waals surface area contributed by atoms with E-state index in [0.717, 1.165) is 12.8 Å². The third kappa shape index (κ3) is 3.80. The van der Waals surface area contributed by atoms with Gasteiger partial charge in [-0.25, -0.2) is 4.39 Å². The van der Waals surface area contributed by atoms with Crippen LogP contribution < -0.4 is 5.32 Å². The van der Waals surface area contributed by atoms with Gasteiger partial charge in [0.15, 0.2) is 0 Å². The fraction of sp³-hybridized carbons (Fsp3) is 0.500. The largest absolute Gasteiger partial charge is 0.356 e. The zero-order chi connectivity index (χ0) is 15.4. The maximum absolute atomic E-state index is 14.0. The smallest absolute Gasteiger partial charge is 0.256 e. The first-order valence-corrected chi connectivity index (χ1v) is 7.28. The van der Waals surface area contributed by atoms with E-state index < -0.39 is 5.82 Å². The summed E-state index contributed by atoms with van der Waals surface area (Å²) in [4.78, 5) is 25.0. The van der Waals surface area contributed by atoms with Gasteiger partial charge in [0.05, 0.1) is 5.56 Å². The summed E-state index contributed by atoms with van der Waals surface area (Å²) in [6.07, 6.45) is 1.67. The Balaban J connectivity index is 1.94. The van der Waals surface area contributed by atoms with E-state index in [0.29, 0.717) is 31.1 Å². The lowest BCUT2D eigenvalue weighted by atomic mass is 9.96. The summed E-state index contributed by atoms with van der Waals surface area (Å²) in [5.41, 5.74) is 0.636. The molecule has 0 spiro atoms. The Bertz CT molecular complexity index is 537. The maximum Gasteiger partial charge on any atom is 0.256 e. The Morgan fingerprint density at radius 2 is 2.00 bits per heavy atom. The fourth-order valence-electron chi connectivity index (χ4n) is 2.61. The minimum absolute atomic E-state index is 0.0321. The molecule has 1 N–H and O–H groups in total. The van der Waals surface area contributed by atoms with E-state index in [1.54, 1.807) is 24.0 Å². The standard InChI is InChI=1S/C16H21FN2O2/c1-11-4-3-5-14(15(11)17)16(21)19-8-6-13(7-9-19)10-18-12(2)20/h3-5,13H,6-10H2,1-2H3,(H,18,20). The van der Waals surface area contributed by atoms with E-state index in [1.807, 2.05) is 0 Å². The van der Waals surface area contributed by atoms with Crippen molar-refractivity contribution in [1.82, 2.24) is 10.2 Å². The number of amides is 2. The van der Waals surface area contributed by atoms with Gasteiger partial charge in [0, 0.05) is 26.6 Å². The highest BCUT2D eigenvalue weighted by atomic mass is 19.1. The summed E-state index contributed by atoms with van der Waals surface area (Å²) in [5.74, 6) is -0.312. The molecule has 1 aromatic rings. The zero-order valence-corrected chi connectivity index (χ0v) is 12.5. The second-order valence-corrected chi connectivity index (χ2v) is 5.61. The zero-order valence-electron chi connectivity index (χ0n) is 12.5. The third-order valence-electron chi connectivity index (χ3n) is 3.96. The molecule has 2 rings (SSSR count). The summed E-state index contributed by atoms with van der Waals surface area (Å²) in [7, 11) is 0. The van der Waals surface area contributed by atoms with Crippen LogP contribution in [0.4, 0.5) is 4.39 Å². The van der Waals surface area contributed by atoms with Gasteiger partial charge in [0.25, 0.3) is 5.91 Å². The normalized spacial score (nSPS) is 15.9. The number of hydrogen-bond donors (Lipinski definition) is 1. The van der Waals surface area contributed by atoms with Crippen molar-refractivity contribution < 1.29 is 14.0 Å². The number of likely N-dealkylation sites (tertiary alicyclic amines) is 1. The molecule has 0 bridgehead atoms. The lowest BCUT2D eigenvalue weighted by molar-refractivity contribution is -0.119. The molecule has 2 amide bonds. The Morgan fingerprint density at radius 3 is 2.62 bits per heavy atom. The highest BCUT2D eigenvalue weighted by molar-refractivity contribution is 5.94. The first-order chi connectivity index (χ1) is 9.99. The van der Waals surface area contributed by atoms with Gasteiger partial charge in [-0.3, -0.25) is 9.59 Å². The van der Waals surface area contributed by atoms with Gasteiger partial charge >= 0.3 is 0 Å². The minimum atomic E-state index is -0.428. The molecule has 1 saturated heterocycles. The fourth-order valence-corrected chi connectivity index (χ4v) is 2.61. The number of aryl methyl sites for hydroxylation is 1. The van der Waals surface area contributed by atoms with Crippen LogP contribution in [0.25, 0.3) is 0 Å². The van der Waals surface area contributed by atoms with E-state index >= 15 is 0 Å². The van der Waals surface area contributed by atoms with Crippen molar-refractivity contribution in [2.24, 2.45) is 5.92 Å². The molecule has 1 aromatic carbocycles. The van der Waals surface area contributed by atoms with E-state index in [2.05, 4.69) is 5.32 Å². The maximum atomic E-state index is 14.0. The lowest BCUT2D eigenvalue weighted by Gasteiger charge is -2.32. The number of nitrogens with zero attached hydrogens (tertiary/aromatic N) is 1. The highest BCUT2D eigenvalue weighted by Gasteiger charge is 2.25. The van der Waals surface area contributed by atoms with Crippen LogP contribution in [0.1, 0.15) is 35.7 Å². The molecule has 1 heterocycles. The van der Waals surface area contributed by atoms with Crippen molar-refractivity contribution in [1.29, 1.82) is 0 Å². The van der Waals surface area contributed by atoms with Gasteiger partial charge in [-0.15, -0.1) is 0 Å². The molecule has 0 radical (unpaired) electrons. The highest BCUT2D eigenvalue weighted by Crippen LogP contribution is 2.20. The molecule has 1 aliphatic heterocycles. The van der Waals surface area contributed by atoms with Crippen LogP contribution in [0.3, 0.4) is 0 Å². The van der Waals surface area contributed by atoms with Crippen molar-refractivity contribution in [3.63, 3.8) is 0 Å². The Hall–Kier alpha value is -1.91. The van der Waals surface area contributed by atoms with Crippen molar-refractivity contribution in [2.75, 3.05) is 19.6 Å². The Kier molecular flexibility index (Phi) is 4.94. The molecule has 21 heavy (non-hydrogen) atoms. The molecular weight excluding hydrogens is 271 g/mol. The molecule has 0 atom stereocenters. The molecule has 1 fully saturated rings. The molecule has 0 saturated carbocycles. The molecular formula is C16H21FN2O2. The third-order valence-corrected chi connectivity index (χ3v) is 3.96. The number of carbonyl (C=O) groups excluding carboxylic acids is 2. The molecule has 4 nitrogen and oxygen atoms in total. The second kappa shape index (κ2) is 6.70. The van der Waals surface area contributed by atoms with Gasteiger partial charge in [-0.05, 0) is 37.3 Å². The van der Waals surface area contributed by atoms with E-state index in [4.69, 9.17) is 0 Å². The number of hydrogen-bond acceptors (Lipinski definition) is 2. The second-order valence-electron chi connectivity index (χ2n) is 5.61. The van der Waals surface area contributed by atoms with Gasteiger partial charge in [-0.1, -0.05) is 12.1 Å². The van der Waals surface area contributed by atoms with E-state index in [1.165, 1.54) is 13.0 Å². The van der Waals surface area contributed by atoms with Crippen molar-refractivity contribution in [2.45, 2.75) is 26.7 Å². The molecule has 114 valence electrons. The van der Waals surface area contributed by atoms with Crippen LogP contribution in [-0.2, 0) is 4.79 Å². The monoisotopic (exact) mass is 292 g/mol. The summed E-state index contributed by atoms with van der Waals surface area (Å²) in [6.45, 7) is 5.02. The number of rotatable bonds is 3. The van der Waals surface area contributed by atoms with E-state index in [-0.39, 0.29) is 17.4 Å². The summed E-state index contributed by atoms with van der Waals surface area (Å²) >= 11 is 0. The van der Waals surface area contributed by atoms with Crippen LogP contribution in [0.2, 0.25) is 0 Å². The van der Waals surface area contributed by atoms with E-state index in [9.17, 15) is 14.0 Å². The number of halogens is 1. The van der Waals surface area contributed by atoms with Crippen LogP contribution in [0.5, 0.6) is 0 Å². The average Bonchev–Trinajstić information content (AvgIpc) is 2.48. The number of carbonyl (C=O) groups is 2. The van der Waals surface area contributed by atoms with Gasteiger partial charge in [0.1, 0.15) is 5.82 Å². The molecule has 0 unspecified atom stereocenters. The molecule has 5 heteroatoms. The predicted octanol–water partition coefficient (Wildman–Crippen LogP) is 2.12. The van der Waals surface area contributed by atoms with Crippen molar-refractivity contribution in [3.05, 3.63) is 35.1 Å². The molecule has 0 aliphatic carbocycles. The van der Waals surface area contributed by atoms with Crippen LogP contribution in [0, 0.1) is 18.7 Å². The molecule has 0 aromatic heterocycles. The first-order valence-electron chi connectivity index (χ1n) is 7.28. The topological polar surface area (TPSA) is 49.4 Å². The number of nitrogens with one attached hydrogen (secondary N) is 1. The van der Waals surface area contributed by atoms with Gasteiger partial charge < -0.3 is 10.2 Å². The van der Waals surface area contributed by atoms with Crippen molar-refractivity contribution in [3.8, 4) is 0 Å². The number of piperidine rings is 1. The van der Waals surface area contributed by atoms with Crippen LogP contribution >= 0.6 is 0 Å². The van der Waals surface area contributed by atoms with Crippen molar-refractivity contribution >= 4 is 11.8 Å². The summed E-state index contributed by atoms with van der Waals surface area (Å²) in [6, 6.07) is 4.90. The van der Waals surface area contributed by atoms with Crippen LogP contribution in [0.15, 0.2) is 18.2 Å². The van der Waals surface area contributed by atoms with Gasteiger partial charge in [0.2, 0.25) is 5.91 Å². The quantitative estimate of drug-likeness (QED) is 0.927. The number of benzene rings is 1. The summed E-state index contributed by atoms with van der Waals surface area (Å²) < 4.78 is 14.0. The van der Waals surface area contributed by atoms with Crippen LogP contribution in [-0.4, -0.2) is 36.3 Å². The summed E-state index contributed by atoms with van der Waals surface area (Å²) in [5, 5.41) is 2.81. The first kappa shape index (κ1) is 15.5. The Morgan fingerprint density at radius 1 is 1.33 bits per heavy atom. The lowest BCUT2D eigenvalue weighted by Crippen LogP contribution is -2.41.